The van der Waals surface area contributed by atoms with Gasteiger partial charge in [-0.2, -0.15) is 4.52 Å². The van der Waals surface area contributed by atoms with Crippen molar-refractivity contribution in [1.82, 2.24) is 19.8 Å². The highest BCUT2D eigenvalue weighted by Crippen LogP contribution is 2.26. The molecule has 27 heavy (non-hydrogen) atoms. The topological polar surface area (TPSA) is 75.3 Å². The van der Waals surface area contributed by atoms with Gasteiger partial charge in [-0.25, -0.2) is 4.39 Å². The van der Waals surface area contributed by atoms with Crippen molar-refractivity contribution in [3.63, 3.8) is 0 Å². The van der Waals surface area contributed by atoms with Crippen molar-refractivity contribution in [2.24, 2.45) is 0 Å². The summed E-state index contributed by atoms with van der Waals surface area (Å²) in [5.74, 6) is 0.860. The van der Waals surface area contributed by atoms with Gasteiger partial charge < -0.3 is 10.4 Å². The molecule has 0 fully saturated rings. The quantitative estimate of drug-likeness (QED) is 0.542. The van der Waals surface area contributed by atoms with Crippen molar-refractivity contribution in [3.8, 4) is 5.75 Å². The highest BCUT2D eigenvalue weighted by molar-refractivity contribution is 6.31. The number of phenols is 1. The van der Waals surface area contributed by atoms with Gasteiger partial charge >= 0.3 is 0 Å². The van der Waals surface area contributed by atoms with E-state index >= 15 is 0 Å². The molecule has 0 aliphatic heterocycles. The molecule has 2 heterocycles. The maximum absolute atomic E-state index is 13.3. The smallest absolute Gasteiger partial charge is 0.178 e. The number of rotatable bonds is 4. The van der Waals surface area contributed by atoms with Crippen molar-refractivity contribution in [2.45, 2.75) is 12.8 Å². The minimum absolute atomic E-state index is 0.0343. The van der Waals surface area contributed by atoms with Crippen LogP contribution in [0.1, 0.15) is 24.2 Å². The Hall–Kier alpha value is -3.19. The number of hydrogen-bond acceptors (Lipinski definition) is 5. The average molecular weight is 384 g/mol. The number of nitrogens with one attached hydrogen (secondary N) is 1. The molecule has 1 atom stereocenters. The van der Waals surface area contributed by atoms with Crippen LogP contribution >= 0.6 is 11.6 Å². The van der Waals surface area contributed by atoms with Gasteiger partial charge in [-0.1, -0.05) is 30.7 Å². The second kappa shape index (κ2) is 6.85. The predicted molar refractivity (Wildman–Crippen MR) is 101 cm³/mol. The normalized spacial score (nSPS) is 12.3. The van der Waals surface area contributed by atoms with Gasteiger partial charge in [-0.3, -0.25) is 0 Å². The average Bonchev–Trinajstić information content (AvgIpc) is 3.08. The van der Waals surface area contributed by atoms with E-state index in [0.29, 0.717) is 23.0 Å². The van der Waals surface area contributed by atoms with Crippen molar-refractivity contribution in [1.29, 1.82) is 0 Å². The van der Waals surface area contributed by atoms with Crippen molar-refractivity contribution >= 4 is 28.8 Å². The fourth-order valence-electron chi connectivity index (χ4n) is 2.78. The van der Waals surface area contributed by atoms with Gasteiger partial charge in [0.1, 0.15) is 11.6 Å². The molecule has 4 rings (SSSR count). The molecule has 0 saturated carbocycles. The zero-order chi connectivity index (χ0) is 19.0. The van der Waals surface area contributed by atoms with Crippen LogP contribution < -0.4 is 5.32 Å². The molecule has 2 aromatic heterocycles. The summed E-state index contributed by atoms with van der Waals surface area (Å²) in [5.41, 5.74) is 2.21. The van der Waals surface area contributed by atoms with E-state index in [4.69, 9.17) is 11.6 Å². The first-order valence-corrected chi connectivity index (χ1v) is 8.62. The first-order valence-electron chi connectivity index (χ1n) is 8.24. The largest absolute Gasteiger partial charge is 0.508 e. The Balaban J connectivity index is 1.68. The Morgan fingerprint density at radius 1 is 1.07 bits per heavy atom. The second-order valence-electron chi connectivity index (χ2n) is 6.11. The Morgan fingerprint density at radius 3 is 2.59 bits per heavy atom. The van der Waals surface area contributed by atoms with E-state index in [1.165, 1.54) is 12.1 Å². The molecule has 0 radical (unpaired) electrons. The molecule has 6 nitrogen and oxygen atoms in total. The number of aromatic hydroxyl groups is 1. The zero-order valence-electron chi connectivity index (χ0n) is 14.3. The molecule has 2 N–H and O–H groups in total. The molecule has 0 unspecified atom stereocenters. The Labute approximate surface area is 159 Å². The Kier molecular flexibility index (Phi) is 4.37. The summed E-state index contributed by atoms with van der Waals surface area (Å²) in [6.07, 6.45) is 0. The fraction of sp³-hybridized carbons (Fsp3) is 0.105. The number of halogens is 2. The maximum Gasteiger partial charge on any atom is 0.178 e. The number of phenolic OH excluding ortho intramolecular Hbond substituents is 1. The van der Waals surface area contributed by atoms with Crippen LogP contribution in [0.4, 0.5) is 15.9 Å². The predicted octanol–water partition coefficient (Wildman–Crippen LogP) is 4.52. The summed E-state index contributed by atoms with van der Waals surface area (Å²) < 4.78 is 15.0. The molecule has 4 aromatic rings. The van der Waals surface area contributed by atoms with Gasteiger partial charge in [-0.15, -0.1) is 15.3 Å². The molecule has 0 amide bonds. The van der Waals surface area contributed by atoms with E-state index in [9.17, 15) is 9.50 Å². The molecule has 0 aliphatic carbocycles. The lowest BCUT2D eigenvalue weighted by Crippen LogP contribution is -2.06. The number of hydrogen-bond donors (Lipinski definition) is 2. The lowest BCUT2D eigenvalue weighted by Gasteiger charge is -2.11. The van der Waals surface area contributed by atoms with Gasteiger partial charge in [0.25, 0.3) is 0 Å². The molecule has 8 heteroatoms. The number of benzene rings is 2. The SMILES string of the molecule is C[C@@H](c1ccc(O)cc1)c1nnc2ccc(Nc3ccc(F)c(Cl)c3)nn12. The zero-order valence-corrected chi connectivity index (χ0v) is 15.0. The Bertz CT molecular complexity index is 1110. The summed E-state index contributed by atoms with van der Waals surface area (Å²) in [7, 11) is 0. The summed E-state index contributed by atoms with van der Waals surface area (Å²) in [5, 5.41) is 25.6. The molecule has 136 valence electrons. The minimum atomic E-state index is -0.477. The number of nitrogens with zero attached hydrogens (tertiary/aromatic N) is 4. The van der Waals surface area contributed by atoms with Crippen LogP contribution in [0.15, 0.2) is 54.6 Å². The standard InChI is InChI=1S/C19H15ClFN5O/c1-11(12-2-5-14(27)6-3-12)19-24-23-18-9-8-17(25-26(18)19)22-13-4-7-16(21)15(20)10-13/h2-11,27H,1H3,(H,22,25)/t11-/m0/s1. The van der Waals surface area contributed by atoms with E-state index in [1.807, 2.05) is 19.1 Å². The van der Waals surface area contributed by atoms with Gasteiger partial charge in [-0.05, 0) is 48.0 Å². The molecule has 2 aromatic carbocycles. The fourth-order valence-corrected chi connectivity index (χ4v) is 2.96. The van der Waals surface area contributed by atoms with Crippen molar-refractivity contribution in [2.75, 3.05) is 5.32 Å². The van der Waals surface area contributed by atoms with Gasteiger partial charge in [0.05, 0.1) is 5.02 Å². The van der Waals surface area contributed by atoms with Crippen LogP contribution in [0.2, 0.25) is 5.02 Å². The monoisotopic (exact) mass is 383 g/mol. The van der Waals surface area contributed by atoms with Crippen LogP contribution in [-0.2, 0) is 0 Å². The molecular weight excluding hydrogens is 369 g/mol. The molecular formula is C19H15ClFN5O. The molecule has 0 saturated heterocycles. The van der Waals surface area contributed by atoms with Crippen molar-refractivity contribution in [3.05, 3.63) is 76.8 Å². The van der Waals surface area contributed by atoms with Gasteiger partial charge in [0.15, 0.2) is 17.3 Å². The van der Waals surface area contributed by atoms with E-state index in [-0.39, 0.29) is 16.7 Å². The lowest BCUT2D eigenvalue weighted by atomic mass is 10.0. The van der Waals surface area contributed by atoms with Gasteiger partial charge in [0.2, 0.25) is 0 Å². The molecule has 0 bridgehead atoms. The van der Waals surface area contributed by atoms with Crippen LogP contribution in [0.3, 0.4) is 0 Å². The highest BCUT2D eigenvalue weighted by Gasteiger charge is 2.17. The van der Waals surface area contributed by atoms with Crippen LogP contribution in [0.25, 0.3) is 5.65 Å². The third-order valence-corrected chi connectivity index (χ3v) is 4.55. The minimum Gasteiger partial charge on any atom is -0.508 e. The van der Waals surface area contributed by atoms with E-state index in [2.05, 4.69) is 20.6 Å². The lowest BCUT2D eigenvalue weighted by molar-refractivity contribution is 0.475. The number of aromatic nitrogens is 4. The number of anilines is 2. The second-order valence-corrected chi connectivity index (χ2v) is 6.52. The van der Waals surface area contributed by atoms with Crippen LogP contribution in [0.5, 0.6) is 5.75 Å². The first-order chi connectivity index (χ1) is 13.0. The summed E-state index contributed by atoms with van der Waals surface area (Å²) in [4.78, 5) is 0. The summed E-state index contributed by atoms with van der Waals surface area (Å²) in [6, 6.07) is 14.9. The number of fused-ring (bicyclic) bond motifs is 1. The van der Waals surface area contributed by atoms with Crippen molar-refractivity contribution < 1.29 is 9.50 Å². The van der Waals surface area contributed by atoms with Crippen LogP contribution in [-0.4, -0.2) is 24.9 Å². The van der Waals surface area contributed by atoms with Crippen LogP contribution in [0, 0.1) is 5.82 Å². The Morgan fingerprint density at radius 2 is 1.85 bits per heavy atom. The van der Waals surface area contributed by atoms with Gasteiger partial charge in [0, 0.05) is 11.6 Å². The third kappa shape index (κ3) is 3.41. The third-order valence-electron chi connectivity index (χ3n) is 4.26. The summed E-state index contributed by atoms with van der Waals surface area (Å²) in [6.45, 7) is 1.99. The van der Waals surface area contributed by atoms with E-state index < -0.39 is 5.82 Å². The highest BCUT2D eigenvalue weighted by atomic mass is 35.5. The van der Waals surface area contributed by atoms with E-state index in [0.717, 1.165) is 5.56 Å². The first kappa shape index (κ1) is 17.2. The summed E-state index contributed by atoms with van der Waals surface area (Å²) >= 11 is 5.82. The maximum atomic E-state index is 13.3. The molecule has 0 spiro atoms. The van der Waals surface area contributed by atoms with E-state index in [1.54, 1.807) is 34.8 Å². The molecule has 0 aliphatic rings.